The SMILES string of the molecule is CC(C)(C)OC(=O)N1[C@@H]2CC[C@H]1CN(c1nc(OC[C@@]34CCCN3C[C@H](F)C4)nc3c(F)c(-c4nc(N)cc5ccc(F)c(F)c45)c(C#N)cc13)C2. The number of nitrogens with two attached hydrogens (primary N) is 1. The molecule has 11 nitrogen and oxygen atoms in total. The van der Waals surface area contributed by atoms with Gasteiger partial charge in [-0.05, 0) is 76.6 Å². The predicted molar refractivity (Wildman–Crippen MR) is 185 cm³/mol. The second kappa shape index (κ2) is 12.3. The minimum atomic E-state index is -1.27. The third-order valence-electron chi connectivity index (χ3n) is 10.8. The smallest absolute Gasteiger partial charge is 0.410 e. The van der Waals surface area contributed by atoms with Gasteiger partial charge in [0, 0.05) is 36.8 Å². The van der Waals surface area contributed by atoms with Crippen LogP contribution in [0.2, 0.25) is 0 Å². The number of nitriles is 1. The van der Waals surface area contributed by atoms with Gasteiger partial charge in [-0.2, -0.15) is 15.2 Å². The van der Waals surface area contributed by atoms with E-state index in [9.17, 15) is 18.8 Å². The number of fused-ring (bicyclic) bond motifs is 5. The lowest BCUT2D eigenvalue weighted by Gasteiger charge is -2.42. The van der Waals surface area contributed by atoms with E-state index < -0.39 is 46.4 Å². The number of rotatable bonds is 5. The second-order valence-electron chi connectivity index (χ2n) is 15.3. The van der Waals surface area contributed by atoms with Gasteiger partial charge >= 0.3 is 12.1 Å². The highest BCUT2D eigenvalue weighted by atomic mass is 19.2. The molecule has 0 unspecified atom stereocenters. The summed E-state index contributed by atoms with van der Waals surface area (Å²) in [5.74, 6) is -3.28. The number of amides is 1. The quantitative estimate of drug-likeness (QED) is 0.236. The van der Waals surface area contributed by atoms with Crippen molar-refractivity contribution in [2.45, 2.75) is 82.3 Å². The number of anilines is 2. The molecular weight excluding hydrogens is 680 g/mol. The zero-order valence-electron chi connectivity index (χ0n) is 29.1. The van der Waals surface area contributed by atoms with Crippen LogP contribution in [0.3, 0.4) is 0 Å². The number of aromatic nitrogens is 3. The number of pyridine rings is 1. The molecule has 272 valence electrons. The highest BCUT2D eigenvalue weighted by Gasteiger charge is 2.50. The van der Waals surface area contributed by atoms with Gasteiger partial charge in [-0.25, -0.2) is 27.3 Å². The zero-order valence-corrected chi connectivity index (χ0v) is 29.1. The number of alkyl halides is 1. The fourth-order valence-corrected chi connectivity index (χ4v) is 8.64. The molecule has 2 aromatic heterocycles. The fourth-order valence-electron chi connectivity index (χ4n) is 8.64. The zero-order chi connectivity index (χ0) is 36.7. The standard InChI is InChI=1S/C37H38F4N8O3/c1-36(2,3)52-35(50)49-22-6-7-23(49)17-47(16-22)33-24-11-20(14-42)28(32-27-19(12-26(43)44-32)5-8-25(39)29(27)40)30(41)31(24)45-34(46-33)51-18-37-9-4-10-48(37)15-21(38)13-37/h5,8,11-12,21-23H,4,6-7,9-10,13,15-18H2,1-3H3,(H2,43,44)/t21-,22-,23+,37+/m1/s1. The number of hydrogen-bond acceptors (Lipinski definition) is 10. The molecule has 52 heavy (non-hydrogen) atoms. The summed E-state index contributed by atoms with van der Waals surface area (Å²) in [5, 5.41) is 10.4. The summed E-state index contributed by atoms with van der Waals surface area (Å²) in [6, 6.07) is 6.36. The van der Waals surface area contributed by atoms with Crippen LogP contribution in [0.25, 0.3) is 32.9 Å². The van der Waals surface area contributed by atoms with Crippen LogP contribution < -0.4 is 15.4 Å². The summed E-state index contributed by atoms with van der Waals surface area (Å²) < 4.78 is 73.7. The number of ether oxygens (including phenoxy) is 2. The summed E-state index contributed by atoms with van der Waals surface area (Å²) >= 11 is 0. The molecule has 0 spiro atoms. The van der Waals surface area contributed by atoms with E-state index in [1.807, 2.05) is 31.7 Å². The van der Waals surface area contributed by atoms with Crippen molar-refractivity contribution in [1.82, 2.24) is 24.8 Å². The van der Waals surface area contributed by atoms with Crippen LogP contribution in [0.5, 0.6) is 6.01 Å². The lowest BCUT2D eigenvalue weighted by Crippen LogP contribution is -2.57. The van der Waals surface area contributed by atoms with Gasteiger partial charge in [0.15, 0.2) is 17.5 Å². The van der Waals surface area contributed by atoms with Crippen molar-refractivity contribution in [2.75, 3.05) is 43.4 Å². The Morgan fingerprint density at radius 1 is 1.08 bits per heavy atom. The van der Waals surface area contributed by atoms with Gasteiger partial charge in [-0.15, -0.1) is 0 Å². The topological polar surface area (TPSA) is 134 Å². The van der Waals surface area contributed by atoms with E-state index >= 15 is 8.78 Å². The van der Waals surface area contributed by atoms with Gasteiger partial charge in [0.2, 0.25) is 0 Å². The predicted octanol–water partition coefficient (Wildman–Crippen LogP) is 6.26. The number of benzene rings is 2. The van der Waals surface area contributed by atoms with E-state index in [1.165, 1.54) is 18.2 Å². The molecule has 4 aliphatic rings. The molecule has 1 amide bonds. The Hall–Kier alpha value is -4.97. The Morgan fingerprint density at radius 3 is 2.54 bits per heavy atom. The van der Waals surface area contributed by atoms with Crippen molar-refractivity contribution in [2.24, 2.45) is 0 Å². The number of nitrogens with zero attached hydrogens (tertiary/aromatic N) is 7. The second-order valence-corrected chi connectivity index (χ2v) is 15.3. The van der Waals surface area contributed by atoms with E-state index in [0.29, 0.717) is 38.9 Å². The molecule has 2 bridgehead atoms. The Morgan fingerprint density at radius 2 is 1.83 bits per heavy atom. The van der Waals surface area contributed by atoms with E-state index in [-0.39, 0.29) is 69.3 Å². The fraction of sp³-hybridized carbons (Fsp3) is 0.486. The first-order chi connectivity index (χ1) is 24.7. The van der Waals surface area contributed by atoms with Gasteiger partial charge in [-0.3, -0.25) is 9.80 Å². The number of carbonyl (C=O) groups excluding carboxylic acids is 1. The van der Waals surface area contributed by atoms with Gasteiger partial charge in [0.05, 0.1) is 40.5 Å². The van der Waals surface area contributed by atoms with Crippen molar-refractivity contribution >= 4 is 39.4 Å². The number of piperazine rings is 1. The van der Waals surface area contributed by atoms with E-state index in [2.05, 4.69) is 14.9 Å². The Kier molecular flexibility index (Phi) is 8.09. The van der Waals surface area contributed by atoms with Crippen LogP contribution >= 0.6 is 0 Å². The summed E-state index contributed by atoms with van der Waals surface area (Å²) in [5.41, 5.74) is 3.61. The lowest BCUT2D eigenvalue weighted by molar-refractivity contribution is 0.0122. The highest BCUT2D eigenvalue weighted by Crippen LogP contribution is 2.43. The third kappa shape index (κ3) is 5.67. The molecular formula is C37H38F4N8O3. The molecule has 4 aliphatic heterocycles. The first kappa shape index (κ1) is 34.1. The molecule has 4 saturated heterocycles. The average Bonchev–Trinajstić information content (AvgIpc) is 3.70. The Labute approximate surface area is 297 Å². The van der Waals surface area contributed by atoms with Crippen molar-refractivity contribution < 1.29 is 31.8 Å². The summed E-state index contributed by atoms with van der Waals surface area (Å²) in [6.07, 6.45) is 1.93. The normalized spacial score (nSPS) is 24.5. The molecule has 2 aromatic carbocycles. The molecule has 0 radical (unpaired) electrons. The van der Waals surface area contributed by atoms with E-state index in [4.69, 9.17) is 20.2 Å². The molecule has 0 aliphatic carbocycles. The molecule has 4 aromatic rings. The summed E-state index contributed by atoms with van der Waals surface area (Å²) in [4.78, 5) is 32.5. The minimum Gasteiger partial charge on any atom is -0.461 e. The van der Waals surface area contributed by atoms with Crippen molar-refractivity contribution in [3.05, 3.63) is 47.3 Å². The number of nitrogen functional groups attached to an aromatic ring is 1. The largest absolute Gasteiger partial charge is 0.461 e. The maximum Gasteiger partial charge on any atom is 0.410 e. The van der Waals surface area contributed by atoms with Crippen LogP contribution in [0, 0.1) is 28.8 Å². The van der Waals surface area contributed by atoms with Crippen LogP contribution in [0.15, 0.2) is 24.3 Å². The van der Waals surface area contributed by atoms with E-state index in [1.54, 1.807) is 4.90 Å². The van der Waals surface area contributed by atoms with Gasteiger partial charge < -0.3 is 20.1 Å². The van der Waals surface area contributed by atoms with Crippen molar-refractivity contribution in [3.63, 3.8) is 0 Å². The molecule has 4 fully saturated rings. The van der Waals surface area contributed by atoms with Crippen LogP contribution in [0.4, 0.5) is 34.0 Å². The van der Waals surface area contributed by atoms with Crippen LogP contribution in [-0.2, 0) is 4.74 Å². The Balaban J connectivity index is 1.27. The number of halogens is 4. The monoisotopic (exact) mass is 718 g/mol. The summed E-state index contributed by atoms with van der Waals surface area (Å²) in [7, 11) is 0. The summed E-state index contributed by atoms with van der Waals surface area (Å²) in [6.45, 7) is 7.22. The van der Waals surface area contributed by atoms with E-state index in [0.717, 1.165) is 25.5 Å². The molecule has 0 saturated carbocycles. The van der Waals surface area contributed by atoms with Gasteiger partial charge in [0.1, 0.15) is 35.5 Å². The first-order valence-electron chi connectivity index (χ1n) is 17.5. The molecule has 4 atom stereocenters. The van der Waals surface area contributed by atoms with Crippen LogP contribution in [-0.4, -0.2) is 93.0 Å². The van der Waals surface area contributed by atoms with Gasteiger partial charge in [-0.1, -0.05) is 6.07 Å². The van der Waals surface area contributed by atoms with Gasteiger partial charge in [0.25, 0.3) is 0 Å². The lowest BCUT2D eigenvalue weighted by atomic mass is 9.95. The maximum absolute atomic E-state index is 17.2. The first-order valence-corrected chi connectivity index (χ1v) is 17.5. The maximum atomic E-state index is 17.2. The van der Waals surface area contributed by atoms with Crippen molar-refractivity contribution in [3.8, 4) is 23.3 Å². The third-order valence-corrected chi connectivity index (χ3v) is 10.8. The molecule has 6 heterocycles. The average molecular weight is 719 g/mol. The molecule has 8 rings (SSSR count). The number of hydrogen-bond donors (Lipinski definition) is 1. The highest BCUT2D eigenvalue weighted by molar-refractivity contribution is 6.02. The Bertz CT molecular complexity index is 2160. The molecule has 2 N–H and O–H groups in total. The molecule has 15 heteroatoms. The number of carbonyl (C=O) groups is 1. The van der Waals surface area contributed by atoms with Crippen molar-refractivity contribution in [1.29, 1.82) is 5.26 Å². The minimum absolute atomic E-state index is 0.0761. The van der Waals surface area contributed by atoms with Crippen LogP contribution in [0.1, 0.15) is 58.4 Å².